The average molecular weight is 383 g/mol. The van der Waals surface area contributed by atoms with Crippen LogP contribution in [-0.2, 0) is 19.9 Å². The Labute approximate surface area is 170 Å². The van der Waals surface area contributed by atoms with Gasteiger partial charge in [0.05, 0.1) is 6.61 Å². The Balaban J connectivity index is 0.000000921. The third-order valence-electron chi connectivity index (χ3n) is 4.30. The molecule has 0 aliphatic carbocycles. The van der Waals surface area contributed by atoms with Gasteiger partial charge < -0.3 is 9.47 Å². The minimum Gasteiger partial charge on any atom is -0.482 e. The molecule has 0 fully saturated rings. The number of carbonyl (C=O) groups is 1. The first-order valence-corrected chi connectivity index (χ1v) is 10.2. The largest absolute Gasteiger partial charge is 0.482 e. The van der Waals surface area contributed by atoms with Crippen LogP contribution in [0.5, 0.6) is 0 Å². The summed E-state index contributed by atoms with van der Waals surface area (Å²) in [5.41, 5.74) is 3.83. The normalized spacial score (nSPS) is 13.7. The van der Waals surface area contributed by atoms with E-state index in [1.165, 1.54) is 0 Å². The van der Waals surface area contributed by atoms with Crippen molar-refractivity contribution in [1.29, 1.82) is 0 Å². The van der Waals surface area contributed by atoms with Gasteiger partial charge in [0.2, 0.25) is 0 Å². The molecule has 1 aliphatic rings. The van der Waals surface area contributed by atoms with Crippen molar-refractivity contribution in [2.24, 2.45) is 0 Å². The topological polar surface area (TPSA) is 35.5 Å². The van der Waals surface area contributed by atoms with E-state index >= 15 is 0 Å². The Kier molecular flexibility index (Phi) is 8.98. The number of benzene rings is 2. The van der Waals surface area contributed by atoms with Crippen molar-refractivity contribution in [2.75, 3.05) is 6.61 Å². The standard InChI is InChI=1S/C21H22O3.2C2H6/c1-5-23-20(22)18-16-12-8-9-13-17(16)21(3,4)24-19(18)15-11-7-6-10-14(15)2;2*1-2/h6-13H,5H2,1-4H3;2*1-2H3. The molecule has 0 radical (unpaired) electrons. The second-order valence-corrected chi connectivity index (χ2v) is 6.40. The highest BCUT2D eigenvalue weighted by molar-refractivity contribution is 6.24. The van der Waals surface area contributed by atoms with E-state index in [0.717, 1.165) is 22.3 Å². The summed E-state index contributed by atoms with van der Waals surface area (Å²) in [5, 5.41) is 0. The first kappa shape index (κ1) is 23.5. The fourth-order valence-electron chi connectivity index (χ4n) is 3.13. The zero-order valence-electron chi connectivity index (χ0n) is 18.6. The highest BCUT2D eigenvalue weighted by atomic mass is 16.5. The lowest BCUT2D eigenvalue weighted by atomic mass is 9.84. The van der Waals surface area contributed by atoms with Gasteiger partial charge in [0, 0.05) is 11.1 Å². The van der Waals surface area contributed by atoms with Gasteiger partial charge in [-0.05, 0) is 38.8 Å². The smallest absolute Gasteiger partial charge is 0.342 e. The molecule has 152 valence electrons. The highest BCUT2D eigenvalue weighted by Crippen LogP contribution is 2.44. The van der Waals surface area contributed by atoms with Crippen molar-refractivity contribution in [2.45, 2.75) is 61.0 Å². The predicted octanol–water partition coefficient (Wildman–Crippen LogP) is 6.74. The molecule has 0 bridgehead atoms. The van der Waals surface area contributed by atoms with Crippen LogP contribution in [0.15, 0.2) is 48.5 Å². The van der Waals surface area contributed by atoms with Crippen molar-refractivity contribution < 1.29 is 14.3 Å². The van der Waals surface area contributed by atoms with E-state index in [1.807, 2.05) is 104 Å². The lowest BCUT2D eigenvalue weighted by Crippen LogP contribution is -2.29. The minimum atomic E-state index is -0.524. The van der Waals surface area contributed by atoms with Gasteiger partial charge in [-0.3, -0.25) is 0 Å². The molecule has 1 heterocycles. The van der Waals surface area contributed by atoms with Gasteiger partial charge in [0.15, 0.2) is 0 Å². The van der Waals surface area contributed by atoms with Crippen LogP contribution in [0.3, 0.4) is 0 Å². The summed E-state index contributed by atoms with van der Waals surface area (Å²) in [7, 11) is 0. The molecule has 3 rings (SSSR count). The maximum absolute atomic E-state index is 12.7. The summed E-state index contributed by atoms with van der Waals surface area (Å²) < 4.78 is 11.6. The summed E-state index contributed by atoms with van der Waals surface area (Å²) in [6.45, 7) is 16.2. The molecule has 3 heteroatoms. The fraction of sp³-hybridized carbons (Fsp3) is 0.400. The van der Waals surface area contributed by atoms with Crippen LogP contribution in [0.2, 0.25) is 0 Å². The van der Waals surface area contributed by atoms with E-state index in [2.05, 4.69) is 0 Å². The van der Waals surface area contributed by atoms with Crippen LogP contribution in [0.4, 0.5) is 0 Å². The zero-order chi connectivity index (χ0) is 21.3. The van der Waals surface area contributed by atoms with Crippen LogP contribution in [0, 0.1) is 6.92 Å². The van der Waals surface area contributed by atoms with E-state index in [1.54, 1.807) is 0 Å². The number of carbonyl (C=O) groups excluding carboxylic acids is 1. The maximum Gasteiger partial charge on any atom is 0.342 e. The number of ether oxygens (including phenoxy) is 2. The van der Waals surface area contributed by atoms with E-state index in [4.69, 9.17) is 9.47 Å². The van der Waals surface area contributed by atoms with Gasteiger partial charge >= 0.3 is 5.97 Å². The van der Waals surface area contributed by atoms with Crippen molar-refractivity contribution in [1.82, 2.24) is 0 Å². The lowest BCUT2D eigenvalue weighted by molar-refractivity contribution is -0.136. The first-order chi connectivity index (χ1) is 13.5. The molecule has 2 aromatic rings. The Morgan fingerprint density at radius 3 is 2.04 bits per heavy atom. The summed E-state index contributed by atoms with van der Waals surface area (Å²) in [5.74, 6) is 0.244. The van der Waals surface area contributed by atoms with Gasteiger partial charge in [-0.15, -0.1) is 0 Å². The second-order valence-electron chi connectivity index (χ2n) is 6.40. The van der Waals surface area contributed by atoms with E-state index in [9.17, 15) is 4.79 Å². The van der Waals surface area contributed by atoms with Gasteiger partial charge in [0.25, 0.3) is 0 Å². The molecule has 0 saturated carbocycles. The van der Waals surface area contributed by atoms with Gasteiger partial charge in [-0.25, -0.2) is 4.79 Å². The summed E-state index contributed by atoms with van der Waals surface area (Å²) >= 11 is 0. The predicted molar refractivity (Wildman–Crippen MR) is 118 cm³/mol. The number of esters is 1. The molecule has 2 aromatic carbocycles. The maximum atomic E-state index is 12.7. The molecule has 0 aromatic heterocycles. The zero-order valence-corrected chi connectivity index (χ0v) is 18.6. The van der Waals surface area contributed by atoms with Crippen LogP contribution in [0.1, 0.15) is 70.7 Å². The van der Waals surface area contributed by atoms with Crippen LogP contribution < -0.4 is 0 Å². The molecule has 0 amide bonds. The molecule has 3 nitrogen and oxygen atoms in total. The van der Waals surface area contributed by atoms with E-state index < -0.39 is 5.60 Å². The third-order valence-corrected chi connectivity index (χ3v) is 4.30. The monoisotopic (exact) mass is 382 g/mol. The molecule has 28 heavy (non-hydrogen) atoms. The lowest BCUT2D eigenvalue weighted by Gasteiger charge is -2.36. The third kappa shape index (κ3) is 4.83. The number of fused-ring (bicyclic) bond motifs is 1. The van der Waals surface area contributed by atoms with Gasteiger partial charge in [-0.1, -0.05) is 76.2 Å². The van der Waals surface area contributed by atoms with Gasteiger partial charge in [0.1, 0.15) is 16.9 Å². The molecule has 0 saturated heterocycles. The quantitative estimate of drug-likeness (QED) is 0.551. The molecule has 1 aliphatic heterocycles. The SMILES string of the molecule is CC.CC.CCOC(=O)C1=C(c2ccccc2C)OC(C)(C)c2ccccc21. The Bertz CT molecular complexity index is 816. The number of hydrogen-bond acceptors (Lipinski definition) is 3. The first-order valence-electron chi connectivity index (χ1n) is 10.2. The van der Waals surface area contributed by atoms with E-state index in [0.29, 0.717) is 17.9 Å². The molecule has 0 unspecified atom stereocenters. The Morgan fingerprint density at radius 2 is 1.46 bits per heavy atom. The second kappa shape index (κ2) is 10.7. The van der Waals surface area contributed by atoms with Crippen molar-refractivity contribution in [3.63, 3.8) is 0 Å². The van der Waals surface area contributed by atoms with Crippen molar-refractivity contribution >= 4 is 17.3 Å². The number of hydrogen-bond donors (Lipinski definition) is 0. The molecular weight excluding hydrogens is 348 g/mol. The average Bonchev–Trinajstić information content (AvgIpc) is 2.71. The summed E-state index contributed by atoms with van der Waals surface area (Å²) in [6, 6.07) is 15.8. The summed E-state index contributed by atoms with van der Waals surface area (Å²) in [6.07, 6.45) is 0. The number of rotatable bonds is 3. The Hall–Kier alpha value is -2.55. The van der Waals surface area contributed by atoms with E-state index in [-0.39, 0.29) is 5.97 Å². The fourth-order valence-corrected chi connectivity index (χ4v) is 3.13. The van der Waals surface area contributed by atoms with Crippen LogP contribution >= 0.6 is 0 Å². The number of aryl methyl sites for hydroxylation is 1. The molecule has 0 spiro atoms. The molecule has 0 N–H and O–H groups in total. The molecule has 0 atom stereocenters. The molecular formula is C25H34O3. The Morgan fingerprint density at radius 1 is 0.929 bits per heavy atom. The summed E-state index contributed by atoms with van der Waals surface area (Å²) in [4.78, 5) is 12.7. The van der Waals surface area contributed by atoms with Crippen LogP contribution in [0.25, 0.3) is 11.3 Å². The van der Waals surface area contributed by atoms with Crippen LogP contribution in [-0.4, -0.2) is 12.6 Å². The van der Waals surface area contributed by atoms with Crippen molar-refractivity contribution in [3.8, 4) is 0 Å². The highest BCUT2D eigenvalue weighted by Gasteiger charge is 2.37. The van der Waals surface area contributed by atoms with Gasteiger partial charge in [-0.2, -0.15) is 0 Å². The van der Waals surface area contributed by atoms with Crippen molar-refractivity contribution in [3.05, 3.63) is 70.8 Å². The minimum absolute atomic E-state index is 0.328.